The molecule has 4 fully saturated rings. The maximum absolute atomic E-state index is 12.0. The summed E-state index contributed by atoms with van der Waals surface area (Å²) >= 11 is 0. The SMILES string of the molecule is CCNC(=O)Nc1nc2c(-c3ncccn3)cc(-c3ccc(CN4CCN(S(C)(=O)=O)CC4)nc3)cc2[nH]1.CCOC(=O)Nc1nc2c(-c3ncccn3)cc(-c3ccc(CN4CCN(C5CC5)CC4)nc3)cc2[nH]1.CCOC(=O)Nc1nc2c(-c3ncccn3)cc(-c3ccc(CN4CCN(S(C)(=O)=O)CC4)nc3)cc2[nH]1. The second-order valence-electron chi connectivity index (χ2n) is 27.4. The van der Waals surface area contributed by atoms with E-state index >= 15 is 0 Å². The first-order valence-corrected chi connectivity index (χ1v) is 41.0. The number of hydrogen-bond acceptors (Lipinski definition) is 25. The Morgan fingerprint density at radius 2 is 0.752 bits per heavy atom. The number of urea groups is 1. The van der Waals surface area contributed by atoms with Crippen molar-refractivity contribution < 1.29 is 40.7 Å². The minimum atomic E-state index is -3.16. The van der Waals surface area contributed by atoms with E-state index in [0.29, 0.717) is 129 Å². The molecule has 1 aliphatic carbocycles. The molecule has 1 saturated carbocycles. The van der Waals surface area contributed by atoms with Gasteiger partial charge in [0.05, 0.1) is 59.4 Å². The summed E-state index contributed by atoms with van der Waals surface area (Å²) in [5.41, 5.74) is 14.7. The average molecular weight is 1570 g/mol. The molecule has 3 saturated heterocycles. The van der Waals surface area contributed by atoms with Gasteiger partial charge in [-0.2, -0.15) is 8.61 Å². The number of fused-ring (bicyclic) bond motifs is 3. The van der Waals surface area contributed by atoms with Crippen LogP contribution in [0.2, 0.25) is 0 Å². The lowest BCUT2D eigenvalue weighted by Gasteiger charge is -2.34. The van der Waals surface area contributed by atoms with Crippen molar-refractivity contribution in [3.05, 3.63) is 164 Å². The highest BCUT2D eigenvalue weighted by Gasteiger charge is 2.32. The van der Waals surface area contributed by atoms with Crippen LogP contribution in [-0.2, 0) is 49.2 Å². The molecule has 586 valence electrons. The van der Waals surface area contributed by atoms with Gasteiger partial charge >= 0.3 is 18.2 Å². The summed E-state index contributed by atoms with van der Waals surface area (Å²) in [5.74, 6) is 2.47. The molecule has 0 unspecified atom stereocenters. The van der Waals surface area contributed by atoms with Gasteiger partial charge in [-0.3, -0.25) is 50.5 Å². The Labute approximate surface area is 652 Å². The van der Waals surface area contributed by atoms with Crippen molar-refractivity contribution >= 4 is 89.2 Å². The van der Waals surface area contributed by atoms with Crippen LogP contribution in [-0.4, -0.2) is 255 Å². The van der Waals surface area contributed by atoms with E-state index in [2.05, 4.69) is 123 Å². The number of carbonyl (C=O) groups is 3. The number of rotatable bonds is 21. The molecule has 3 aromatic carbocycles. The molecule has 12 aromatic rings. The zero-order chi connectivity index (χ0) is 78.6. The Bertz CT molecular complexity index is 5290. The maximum Gasteiger partial charge on any atom is 0.413 e. The van der Waals surface area contributed by atoms with Gasteiger partial charge in [-0.1, -0.05) is 18.2 Å². The molecule has 7 N–H and O–H groups in total. The highest BCUT2D eigenvalue weighted by Crippen LogP contribution is 2.37. The predicted molar refractivity (Wildman–Crippen MR) is 428 cm³/mol. The number of aromatic amines is 3. The van der Waals surface area contributed by atoms with E-state index in [4.69, 9.17) is 14.5 Å². The number of carbonyl (C=O) groups excluding carboxylic acids is 3. The van der Waals surface area contributed by atoms with Crippen LogP contribution < -0.4 is 21.3 Å². The monoisotopic (exact) mass is 1570 g/mol. The van der Waals surface area contributed by atoms with Crippen molar-refractivity contribution in [2.45, 2.75) is 59.3 Å². The van der Waals surface area contributed by atoms with Gasteiger partial charge in [-0.25, -0.2) is 76.1 Å². The molecule has 113 heavy (non-hydrogen) atoms. The number of aromatic nitrogens is 15. The molecule has 0 spiro atoms. The summed E-state index contributed by atoms with van der Waals surface area (Å²) in [7, 11) is -6.31. The second-order valence-corrected chi connectivity index (χ2v) is 31.4. The molecule has 0 bridgehead atoms. The number of hydrogen-bond donors (Lipinski definition) is 7. The fraction of sp³-hybridized carbons (Fsp3) is 0.338. The largest absolute Gasteiger partial charge is 0.450 e. The van der Waals surface area contributed by atoms with E-state index in [1.165, 1.54) is 34.0 Å². The summed E-state index contributed by atoms with van der Waals surface area (Å²) in [6.45, 7) is 17.6. The molecule has 9 aromatic heterocycles. The number of amides is 4. The lowest BCUT2D eigenvalue weighted by Crippen LogP contribution is -2.47. The molecule has 34 nitrogen and oxygen atoms in total. The van der Waals surface area contributed by atoms with E-state index in [1.54, 1.807) is 69.2 Å². The number of H-pyrrole nitrogens is 3. The topological polar surface area (TPSA) is 408 Å². The van der Waals surface area contributed by atoms with E-state index in [9.17, 15) is 31.2 Å². The van der Waals surface area contributed by atoms with Gasteiger partial charge in [-0.15, -0.1) is 0 Å². The van der Waals surface area contributed by atoms with Crippen molar-refractivity contribution in [1.82, 2.24) is 108 Å². The molecule has 4 amide bonds. The number of nitrogens with zero attached hydrogens (tertiary/aromatic N) is 18. The number of benzene rings is 3. The molecule has 16 rings (SSSR count). The third kappa shape index (κ3) is 19.9. The number of sulfonamides is 2. The zero-order valence-corrected chi connectivity index (χ0v) is 64.7. The van der Waals surface area contributed by atoms with E-state index in [0.717, 1.165) is 111 Å². The minimum absolute atomic E-state index is 0.249. The number of imidazole rings is 3. The van der Waals surface area contributed by atoms with Gasteiger partial charge in [0.25, 0.3) is 0 Å². The highest BCUT2D eigenvalue weighted by molar-refractivity contribution is 7.88. The van der Waals surface area contributed by atoms with Gasteiger partial charge in [0, 0.05) is 200 Å². The molecule has 0 atom stereocenters. The molecule has 3 aliphatic heterocycles. The fourth-order valence-corrected chi connectivity index (χ4v) is 15.3. The first-order chi connectivity index (χ1) is 54.7. The van der Waals surface area contributed by atoms with E-state index < -0.39 is 32.2 Å². The number of ether oxygens (including phenoxy) is 2. The average Bonchev–Trinajstić information content (AvgIpc) is 1.66. The first kappa shape index (κ1) is 77.9. The summed E-state index contributed by atoms with van der Waals surface area (Å²) in [6, 6.07) is 29.8. The Hall–Kier alpha value is -11.8. The number of anilines is 3. The molecular weight excluding hydrogens is 1480 g/mol. The molecule has 4 aliphatic rings. The van der Waals surface area contributed by atoms with Crippen LogP contribution in [0.3, 0.4) is 0 Å². The Balaban J connectivity index is 0.000000141. The van der Waals surface area contributed by atoms with Gasteiger partial charge in [0.2, 0.25) is 37.9 Å². The van der Waals surface area contributed by atoms with Crippen molar-refractivity contribution in [2.75, 3.05) is 127 Å². The first-order valence-electron chi connectivity index (χ1n) is 37.3. The van der Waals surface area contributed by atoms with Gasteiger partial charge < -0.3 is 29.7 Å². The normalized spacial score (nSPS) is 15.5. The van der Waals surface area contributed by atoms with Gasteiger partial charge in [0.1, 0.15) is 16.6 Å². The highest BCUT2D eigenvalue weighted by atomic mass is 32.2. The standard InChI is InChI=1S/C27H30N8O2.C25H29N9O3S.C25H28N8O4S/c1-2-37-27(36)33-26-31-23-15-19(14-22(24(23)32-26)25-28-8-3-9-29-25)18-4-5-20(30-16-18)17-34-10-12-35(13-11-34)21-6-7-21;1-3-26-25(35)32-24-30-21-14-18(13-20(22(21)31-24)23-27-7-4-8-28-23)17-5-6-19(29-15-17)16-33-9-11-34(12-10-33)38(2,36)37;1-3-37-25(34)31-24-29-21-14-18(13-20(22(21)30-24)23-26-7-4-8-27-23)17-5-6-19(28-15-17)16-32-9-11-33(12-10-32)38(2,35)36/h3-5,8-9,14-16,21H,2,6-7,10-13,17H2,1H3,(H2,31,32,33,36);4-8,13-15H,3,9-12,16H2,1-2H3,(H3,26,30,31,32,35);4-8,13-15H,3,9-12,16H2,1-2H3,(H2,29,30,31,34). The Morgan fingerprint density at radius 1 is 0.425 bits per heavy atom. The molecular formula is C77H87N25O9S2. The third-order valence-electron chi connectivity index (χ3n) is 19.4. The fourth-order valence-electron chi connectivity index (χ4n) is 13.6. The van der Waals surface area contributed by atoms with Crippen LogP contribution in [0, 0.1) is 0 Å². The van der Waals surface area contributed by atoms with Crippen molar-refractivity contribution in [3.8, 4) is 67.5 Å². The van der Waals surface area contributed by atoms with Crippen LogP contribution >= 0.6 is 0 Å². The zero-order valence-electron chi connectivity index (χ0n) is 63.1. The quantitative estimate of drug-likeness (QED) is 0.0353. The maximum atomic E-state index is 12.0. The summed E-state index contributed by atoms with van der Waals surface area (Å²) in [6.07, 6.45) is 19.7. The summed E-state index contributed by atoms with van der Waals surface area (Å²) in [4.78, 5) is 109. The van der Waals surface area contributed by atoms with Crippen LogP contribution in [0.5, 0.6) is 0 Å². The second kappa shape index (κ2) is 35.3. The van der Waals surface area contributed by atoms with Crippen molar-refractivity contribution in [1.29, 1.82) is 0 Å². The lowest BCUT2D eigenvalue weighted by atomic mass is 10.0. The van der Waals surface area contributed by atoms with Crippen LogP contribution in [0.4, 0.5) is 32.2 Å². The summed E-state index contributed by atoms with van der Waals surface area (Å²) < 4.78 is 60.0. The lowest BCUT2D eigenvalue weighted by molar-refractivity contribution is 0.120. The minimum Gasteiger partial charge on any atom is -0.450 e. The van der Waals surface area contributed by atoms with Gasteiger partial charge in [0.15, 0.2) is 17.5 Å². The van der Waals surface area contributed by atoms with Gasteiger partial charge in [-0.05, 0) is 123 Å². The number of pyridine rings is 3. The van der Waals surface area contributed by atoms with Crippen molar-refractivity contribution in [2.24, 2.45) is 0 Å². The predicted octanol–water partition coefficient (Wildman–Crippen LogP) is 8.96. The number of nitrogens with one attached hydrogen (secondary N) is 7. The molecule has 12 heterocycles. The Morgan fingerprint density at radius 3 is 1.04 bits per heavy atom. The third-order valence-corrected chi connectivity index (χ3v) is 22.0. The Kier molecular flexibility index (Phi) is 24.3. The van der Waals surface area contributed by atoms with E-state index in [1.807, 2.05) is 86.2 Å². The van der Waals surface area contributed by atoms with Crippen LogP contribution in [0.15, 0.2) is 147 Å². The summed E-state index contributed by atoms with van der Waals surface area (Å²) in [5, 5.41) is 10.7. The molecule has 36 heteroatoms. The van der Waals surface area contributed by atoms with Crippen molar-refractivity contribution in [3.63, 3.8) is 0 Å². The van der Waals surface area contributed by atoms with E-state index in [-0.39, 0.29) is 25.2 Å². The number of piperazine rings is 3. The smallest absolute Gasteiger partial charge is 0.413 e. The molecule has 0 radical (unpaired) electrons. The van der Waals surface area contributed by atoms with Crippen LogP contribution in [0.25, 0.3) is 101 Å². The van der Waals surface area contributed by atoms with Crippen LogP contribution in [0.1, 0.15) is 50.7 Å².